The number of rotatable bonds is 5. The fraction of sp³-hybridized carbons (Fsp3) is 0.133. The van der Waals surface area contributed by atoms with Gasteiger partial charge < -0.3 is 5.32 Å². The molecule has 4 nitrogen and oxygen atoms in total. The summed E-state index contributed by atoms with van der Waals surface area (Å²) in [5.74, 6) is 0.766. The van der Waals surface area contributed by atoms with Gasteiger partial charge in [0.1, 0.15) is 15.9 Å². The quantitative estimate of drug-likeness (QED) is 0.723. The van der Waals surface area contributed by atoms with Crippen LogP contribution in [0.2, 0.25) is 0 Å². The average molecular weight is 314 g/mol. The zero-order valence-corrected chi connectivity index (χ0v) is 13.1. The van der Waals surface area contributed by atoms with Crippen LogP contribution in [-0.4, -0.2) is 21.4 Å². The van der Waals surface area contributed by atoms with Gasteiger partial charge in [0.05, 0.1) is 12.2 Å². The molecule has 0 aliphatic rings. The van der Waals surface area contributed by atoms with Crippen LogP contribution in [0.5, 0.6) is 0 Å². The van der Waals surface area contributed by atoms with Gasteiger partial charge in [-0.25, -0.2) is 4.98 Å². The molecule has 106 valence electrons. The van der Waals surface area contributed by atoms with E-state index in [2.05, 4.69) is 38.0 Å². The van der Waals surface area contributed by atoms with Crippen molar-refractivity contribution in [2.24, 2.45) is 0 Å². The van der Waals surface area contributed by atoms with E-state index in [1.165, 1.54) is 0 Å². The van der Waals surface area contributed by atoms with Crippen LogP contribution in [0.25, 0.3) is 10.6 Å². The van der Waals surface area contributed by atoms with Gasteiger partial charge in [-0.3, -0.25) is 0 Å². The van der Waals surface area contributed by atoms with Crippen LogP contribution in [0.15, 0.2) is 52.9 Å². The smallest absolute Gasteiger partial charge is 0.149 e. The summed E-state index contributed by atoms with van der Waals surface area (Å²) in [6, 6.07) is 14.1. The highest BCUT2D eigenvalue weighted by Crippen LogP contribution is 2.23. The van der Waals surface area contributed by atoms with Gasteiger partial charge in [-0.2, -0.15) is 0 Å². The monoisotopic (exact) mass is 314 g/mol. The molecule has 0 unspecified atom stereocenters. The van der Waals surface area contributed by atoms with E-state index in [4.69, 9.17) is 0 Å². The molecule has 0 saturated heterocycles. The summed E-state index contributed by atoms with van der Waals surface area (Å²) in [5.41, 5.74) is 2.16. The molecule has 2 heterocycles. The van der Waals surface area contributed by atoms with Gasteiger partial charge >= 0.3 is 0 Å². The molecule has 0 aliphatic heterocycles. The molecule has 0 saturated carbocycles. The Bertz CT molecular complexity index is 695. The number of hydrogen-bond donors (Lipinski definition) is 1. The minimum Gasteiger partial charge on any atom is -0.363 e. The highest BCUT2D eigenvalue weighted by molar-refractivity contribution is 7.98. The van der Waals surface area contributed by atoms with Gasteiger partial charge in [-0.15, -0.1) is 33.3 Å². The standard InChI is InChI=1S/C15H14N4S2/c1-20-14-8-7-13(18-19-14)16-9-12-10-21-15(17-12)11-5-3-2-4-6-11/h2-8,10H,9H2,1H3,(H,16,18). The van der Waals surface area contributed by atoms with Crippen LogP contribution in [0.3, 0.4) is 0 Å². The molecule has 1 aromatic carbocycles. The summed E-state index contributed by atoms with van der Waals surface area (Å²) < 4.78 is 0. The molecule has 6 heteroatoms. The summed E-state index contributed by atoms with van der Waals surface area (Å²) in [7, 11) is 0. The van der Waals surface area contributed by atoms with Crippen molar-refractivity contribution in [3.8, 4) is 10.6 Å². The predicted molar refractivity (Wildman–Crippen MR) is 88.7 cm³/mol. The first-order valence-corrected chi connectivity index (χ1v) is 8.57. The zero-order chi connectivity index (χ0) is 14.5. The number of thiazole rings is 1. The van der Waals surface area contributed by atoms with Gasteiger partial charge in [-0.1, -0.05) is 30.3 Å². The first-order chi connectivity index (χ1) is 10.3. The number of anilines is 1. The molecule has 0 aliphatic carbocycles. The Balaban J connectivity index is 1.64. The van der Waals surface area contributed by atoms with E-state index >= 15 is 0 Å². The third-order valence-corrected chi connectivity index (χ3v) is 4.45. The number of benzene rings is 1. The molecule has 3 aromatic rings. The Hall–Kier alpha value is -1.92. The van der Waals surface area contributed by atoms with E-state index in [1.807, 2.05) is 36.6 Å². The number of nitrogens with zero attached hydrogens (tertiary/aromatic N) is 3. The molecular weight excluding hydrogens is 300 g/mol. The van der Waals surface area contributed by atoms with Gasteiger partial charge in [0.25, 0.3) is 0 Å². The maximum atomic E-state index is 4.63. The van der Waals surface area contributed by atoms with Crippen molar-refractivity contribution < 1.29 is 0 Å². The number of aromatic nitrogens is 3. The Kier molecular flexibility index (Phi) is 4.47. The molecule has 0 atom stereocenters. The summed E-state index contributed by atoms with van der Waals surface area (Å²) in [6.07, 6.45) is 1.98. The summed E-state index contributed by atoms with van der Waals surface area (Å²) in [4.78, 5) is 4.63. The third-order valence-electron chi connectivity index (χ3n) is 2.87. The van der Waals surface area contributed by atoms with Gasteiger partial charge in [0, 0.05) is 10.9 Å². The lowest BCUT2D eigenvalue weighted by molar-refractivity contribution is 0.917. The molecule has 0 fully saturated rings. The van der Waals surface area contributed by atoms with E-state index < -0.39 is 0 Å². The van der Waals surface area contributed by atoms with Crippen LogP contribution < -0.4 is 5.32 Å². The van der Waals surface area contributed by atoms with Gasteiger partial charge in [0.15, 0.2) is 0 Å². The second-order valence-corrected chi connectivity index (χ2v) is 6.01. The van der Waals surface area contributed by atoms with E-state index in [1.54, 1.807) is 23.1 Å². The molecule has 21 heavy (non-hydrogen) atoms. The fourth-order valence-electron chi connectivity index (χ4n) is 1.81. The lowest BCUT2D eigenvalue weighted by Crippen LogP contribution is -2.02. The fourth-order valence-corrected chi connectivity index (χ4v) is 2.96. The topological polar surface area (TPSA) is 50.7 Å². The van der Waals surface area contributed by atoms with E-state index in [-0.39, 0.29) is 0 Å². The van der Waals surface area contributed by atoms with E-state index in [9.17, 15) is 0 Å². The summed E-state index contributed by atoms with van der Waals surface area (Å²) in [5, 5.41) is 15.5. The molecule has 3 rings (SSSR count). The van der Waals surface area contributed by atoms with Gasteiger partial charge in [0.2, 0.25) is 0 Å². The molecule has 0 spiro atoms. The molecule has 2 aromatic heterocycles. The lowest BCUT2D eigenvalue weighted by atomic mass is 10.2. The normalized spacial score (nSPS) is 10.5. The van der Waals surface area contributed by atoms with Crippen molar-refractivity contribution in [2.45, 2.75) is 11.6 Å². The Morgan fingerprint density at radius 1 is 1.10 bits per heavy atom. The Labute approximate surface area is 131 Å². The van der Waals surface area contributed by atoms with Crippen LogP contribution in [0, 0.1) is 0 Å². The third kappa shape index (κ3) is 3.59. The lowest BCUT2D eigenvalue weighted by Gasteiger charge is -2.02. The number of hydrogen-bond acceptors (Lipinski definition) is 6. The Morgan fingerprint density at radius 3 is 2.67 bits per heavy atom. The van der Waals surface area contributed by atoms with Crippen LogP contribution in [0.1, 0.15) is 5.69 Å². The molecule has 0 bridgehead atoms. The SMILES string of the molecule is CSc1ccc(NCc2csc(-c3ccccc3)n2)nn1. The number of nitrogens with one attached hydrogen (secondary N) is 1. The highest BCUT2D eigenvalue weighted by Gasteiger charge is 2.04. The summed E-state index contributed by atoms with van der Waals surface area (Å²) in [6.45, 7) is 0.649. The predicted octanol–water partition coefficient (Wildman–Crippen LogP) is 3.93. The highest BCUT2D eigenvalue weighted by atomic mass is 32.2. The molecule has 1 N–H and O–H groups in total. The van der Waals surface area contributed by atoms with Crippen LogP contribution in [-0.2, 0) is 6.54 Å². The zero-order valence-electron chi connectivity index (χ0n) is 11.5. The van der Waals surface area contributed by atoms with Crippen molar-refractivity contribution >= 4 is 28.9 Å². The summed E-state index contributed by atoms with van der Waals surface area (Å²) >= 11 is 3.23. The minimum absolute atomic E-state index is 0.649. The maximum Gasteiger partial charge on any atom is 0.149 e. The maximum absolute atomic E-state index is 4.63. The second-order valence-electron chi connectivity index (χ2n) is 4.32. The second kappa shape index (κ2) is 6.69. The van der Waals surface area contributed by atoms with Crippen LogP contribution >= 0.6 is 23.1 Å². The average Bonchev–Trinajstić information content (AvgIpc) is 3.03. The first-order valence-electron chi connectivity index (χ1n) is 6.46. The largest absolute Gasteiger partial charge is 0.363 e. The van der Waals surface area contributed by atoms with Crippen molar-refractivity contribution in [3.63, 3.8) is 0 Å². The Morgan fingerprint density at radius 2 is 1.95 bits per heavy atom. The van der Waals surface area contributed by atoms with Crippen molar-refractivity contribution in [1.29, 1.82) is 0 Å². The molecule has 0 radical (unpaired) electrons. The number of thioether (sulfide) groups is 1. The van der Waals surface area contributed by atoms with E-state index in [0.717, 1.165) is 27.1 Å². The van der Waals surface area contributed by atoms with Gasteiger partial charge in [-0.05, 0) is 18.4 Å². The molecular formula is C15H14N4S2. The molecule has 0 amide bonds. The van der Waals surface area contributed by atoms with Crippen LogP contribution in [0.4, 0.5) is 5.82 Å². The van der Waals surface area contributed by atoms with Crippen molar-refractivity contribution in [2.75, 3.05) is 11.6 Å². The van der Waals surface area contributed by atoms with Crippen molar-refractivity contribution in [1.82, 2.24) is 15.2 Å². The van der Waals surface area contributed by atoms with E-state index in [0.29, 0.717) is 6.54 Å². The van der Waals surface area contributed by atoms with Crippen molar-refractivity contribution in [3.05, 3.63) is 53.5 Å². The minimum atomic E-state index is 0.649. The first kappa shape index (κ1) is 14.0.